The van der Waals surface area contributed by atoms with Gasteiger partial charge in [0, 0.05) is 23.8 Å². The van der Waals surface area contributed by atoms with Gasteiger partial charge in [-0.3, -0.25) is 4.79 Å². The number of carbonyl (C=O) groups is 4. The second-order valence-electron chi connectivity index (χ2n) is 12.7. The van der Waals surface area contributed by atoms with E-state index < -0.39 is 106 Å². The highest BCUT2D eigenvalue weighted by Gasteiger charge is 2.85. The second kappa shape index (κ2) is 10.1. The smallest absolute Gasteiger partial charge is 0.417 e. The van der Waals surface area contributed by atoms with Crippen molar-refractivity contribution in [3.63, 3.8) is 0 Å². The average Bonchev–Trinajstić information content (AvgIpc) is 3.29. The molecule has 6 rings (SSSR count). The number of methoxy groups -OCH3 is 1. The van der Waals surface area contributed by atoms with Crippen molar-refractivity contribution in [3.05, 3.63) is 53.3 Å². The maximum absolute atomic E-state index is 14.0. The van der Waals surface area contributed by atoms with E-state index >= 15 is 0 Å². The molecule has 3 aliphatic carbocycles. The Bertz CT molecular complexity index is 1540. The largest absolute Gasteiger partial charge is 0.504 e. The molecule has 1 aromatic carbocycles. The van der Waals surface area contributed by atoms with Gasteiger partial charge in [-0.25, -0.2) is 14.4 Å². The number of fused-ring (bicyclic) bond motifs is 2. The van der Waals surface area contributed by atoms with Gasteiger partial charge in [-0.05, 0) is 35.8 Å². The van der Waals surface area contributed by atoms with Crippen LogP contribution in [-0.2, 0) is 38.1 Å². The number of rotatable bonds is 4. The van der Waals surface area contributed by atoms with E-state index in [2.05, 4.69) is 0 Å². The van der Waals surface area contributed by atoms with Crippen molar-refractivity contribution in [2.45, 2.75) is 62.9 Å². The zero-order valence-electron chi connectivity index (χ0n) is 24.4. The summed E-state index contributed by atoms with van der Waals surface area (Å²) in [5.74, 6) is -8.44. The van der Waals surface area contributed by atoms with Crippen LogP contribution in [-0.4, -0.2) is 88.9 Å². The summed E-state index contributed by atoms with van der Waals surface area (Å²) in [7, 11) is 0.976. The Morgan fingerprint density at radius 1 is 1.11 bits per heavy atom. The number of hydrogen-bond acceptors (Lipinski definition) is 11. The number of allylic oxidation sites excluding steroid dienone is 3. The zero-order valence-corrected chi connectivity index (χ0v) is 24.4. The lowest BCUT2D eigenvalue weighted by atomic mass is 9.38. The van der Waals surface area contributed by atoms with Crippen LogP contribution >= 0.6 is 0 Å². The van der Waals surface area contributed by atoms with Crippen molar-refractivity contribution in [1.29, 1.82) is 0 Å². The van der Waals surface area contributed by atoms with Gasteiger partial charge in [0.05, 0.1) is 31.3 Å². The van der Waals surface area contributed by atoms with Crippen LogP contribution in [0.15, 0.2) is 47.7 Å². The standard InChI is InChI=1S/C31H31F3O11/c1-13-15-9-18-29-12-43-30(27(41)42-3,25(39)21(38)23(29)28(15,2)11-17(35)20(13)37)24(29)22(26(40)44-18)45-19(36)10-16(31(32,33)34)14-7-5-4-6-8-14/h4-8,10,15,18,21-25,37-39H,9,11-12H2,1-3H3/b16-10-. The van der Waals surface area contributed by atoms with Crippen molar-refractivity contribution in [2.24, 2.45) is 28.6 Å². The Morgan fingerprint density at radius 3 is 2.40 bits per heavy atom. The molecule has 1 aromatic rings. The molecule has 2 bridgehead atoms. The number of halogens is 3. The van der Waals surface area contributed by atoms with Crippen LogP contribution < -0.4 is 0 Å². The predicted molar refractivity (Wildman–Crippen MR) is 144 cm³/mol. The molecule has 2 saturated heterocycles. The Balaban J connectivity index is 1.50. The van der Waals surface area contributed by atoms with Crippen molar-refractivity contribution in [2.75, 3.05) is 13.7 Å². The summed E-state index contributed by atoms with van der Waals surface area (Å²) in [4.78, 5) is 53.2. The molecule has 45 heavy (non-hydrogen) atoms. The van der Waals surface area contributed by atoms with Crippen LogP contribution in [0.1, 0.15) is 32.3 Å². The molecule has 242 valence electrons. The first-order valence-corrected chi connectivity index (χ1v) is 14.3. The summed E-state index contributed by atoms with van der Waals surface area (Å²) in [6, 6.07) is 6.43. The minimum absolute atomic E-state index is 0.00857. The number of aliphatic hydroxyl groups excluding tert-OH is 3. The molecule has 3 N–H and O–H groups in total. The van der Waals surface area contributed by atoms with Gasteiger partial charge in [0.1, 0.15) is 12.2 Å². The molecule has 0 aromatic heterocycles. The summed E-state index contributed by atoms with van der Waals surface area (Å²) >= 11 is 0. The minimum Gasteiger partial charge on any atom is -0.504 e. The summed E-state index contributed by atoms with van der Waals surface area (Å²) in [5.41, 5.74) is -6.66. The van der Waals surface area contributed by atoms with Gasteiger partial charge in [-0.15, -0.1) is 0 Å². The van der Waals surface area contributed by atoms with Gasteiger partial charge in [0.2, 0.25) is 11.7 Å². The first-order chi connectivity index (χ1) is 21.1. The molecule has 4 fully saturated rings. The third-order valence-electron chi connectivity index (χ3n) is 10.7. The third kappa shape index (κ3) is 4.07. The molecule has 10 unspecified atom stereocenters. The highest BCUT2D eigenvalue weighted by atomic mass is 19.4. The molecule has 2 saturated carbocycles. The molecule has 0 radical (unpaired) electrons. The molecule has 14 heteroatoms. The van der Waals surface area contributed by atoms with Gasteiger partial charge in [-0.2, -0.15) is 13.2 Å². The average molecular weight is 637 g/mol. The Kier molecular flexibility index (Phi) is 7.03. The van der Waals surface area contributed by atoms with E-state index in [0.29, 0.717) is 5.57 Å². The van der Waals surface area contributed by atoms with Gasteiger partial charge in [0.15, 0.2) is 11.5 Å². The van der Waals surface area contributed by atoms with Crippen molar-refractivity contribution in [1.82, 2.24) is 0 Å². The van der Waals surface area contributed by atoms with Gasteiger partial charge in [-0.1, -0.05) is 37.3 Å². The molecular formula is C31H31F3O11. The number of ether oxygens (including phenoxy) is 4. The first kappa shape index (κ1) is 31.2. The summed E-state index contributed by atoms with van der Waals surface area (Å²) in [6.45, 7) is 2.79. The van der Waals surface area contributed by atoms with Gasteiger partial charge in [0.25, 0.3) is 0 Å². The van der Waals surface area contributed by atoms with Crippen molar-refractivity contribution in [3.8, 4) is 0 Å². The van der Waals surface area contributed by atoms with E-state index in [1.807, 2.05) is 0 Å². The fraction of sp³-hybridized carbons (Fsp3) is 0.548. The molecule has 2 heterocycles. The van der Waals surface area contributed by atoms with Crippen molar-refractivity contribution < 1.29 is 66.6 Å². The first-order valence-electron chi connectivity index (χ1n) is 14.3. The van der Waals surface area contributed by atoms with Crippen LogP contribution in [0, 0.1) is 28.6 Å². The lowest BCUT2D eigenvalue weighted by molar-refractivity contribution is -0.290. The van der Waals surface area contributed by atoms with E-state index in [-0.39, 0.29) is 24.5 Å². The predicted octanol–water partition coefficient (Wildman–Crippen LogP) is 2.20. The number of alkyl halides is 3. The quantitative estimate of drug-likeness (QED) is 0.252. The fourth-order valence-corrected chi connectivity index (χ4v) is 9.08. The van der Waals surface area contributed by atoms with Crippen LogP contribution in [0.4, 0.5) is 13.2 Å². The van der Waals surface area contributed by atoms with E-state index in [9.17, 15) is 47.7 Å². The number of Topliss-reactive ketones (excluding diaryl/α,β-unsaturated/α-hetero) is 1. The van der Waals surface area contributed by atoms with Gasteiger partial charge >= 0.3 is 24.1 Å². The molecule has 0 amide bonds. The highest BCUT2D eigenvalue weighted by Crippen LogP contribution is 2.72. The van der Waals surface area contributed by atoms with E-state index in [4.69, 9.17) is 18.9 Å². The van der Waals surface area contributed by atoms with E-state index in [0.717, 1.165) is 19.2 Å². The number of hydrogen-bond donors (Lipinski definition) is 3. The van der Waals surface area contributed by atoms with E-state index in [1.54, 1.807) is 6.92 Å². The Morgan fingerprint density at radius 2 is 1.78 bits per heavy atom. The number of esters is 3. The van der Waals surface area contributed by atoms with Crippen LogP contribution in [0.25, 0.3) is 5.57 Å². The van der Waals surface area contributed by atoms with E-state index in [1.165, 1.54) is 25.1 Å². The fourth-order valence-electron chi connectivity index (χ4n) is 9.08. The summed E-state index contributed by atoms with van der Waals surface area (Å²) in [6.07, 6.45) is -12.2. The molecule has 2 aliphatic heterocycles. The summed E-state index contributed by atoms with van der Waals surface area (Å²) < 4.78 is 64.2. The van der Waals surface area contributed by atoms with Crippen LogP contribution in [0.2, 0.25) is 0 Å². The molecular weight excluding hydrogens is 605 g/mol. The van der Waals surface area contributed by atoms with Gasteiger partial charge < -0.3 is 34.3 Å². The lowest BCUT2D eigenvalue weighted by Crippen LogP contribution is -2.79. The minimum atomic E-state index is -5.00. The second-order valence-corrected chi connectivity index (χ2v) is 12.7. The Hall–Kier alpha value is -3.75. The maximum atomic E-state index is 14.0. The summed E-state index contributed by atoms with van der Waals surface area (Å²) in [5, 5.41) is 33.8. The highest BCUT2D eigenvalue weighted by molar-refractivity contribution is 5.96. The van der Waals surface area contributed by atoms with Crippen LogP contribution in [0.5, 0.6) is 0 Å². The topological polar surface area (TPSA) is 166 Å². The Labute approximate surface area is 254 Å². The lowest BCUT2D eigenvalue weighted by Gasteiger charge is -2.67. The van der Waals surface area contributed by atoms with Crippen LogP contribution in [0.3, 0.4) is 0 Å². The number of aliphatic hydroxyl groups is 3. The third-order valence-corrected chi connectivity index (χ3v) is 10.7. The maximum Gasteiger partial charge on any atom is 0.417 e. The number of ketones is 1. The SMILES string of the molecule is COC(=O)C12OCC34C(CC5C(C)=C(O)C(=O)CC5(C)C3C(O)C1O)OC(=O)C(OC(=O)/C=C(/c1ccccc1)C(F)(F)F)C24. The van der Waals surface area contributed by atoms with Crippen molar-refractivity contribution >= 4 is 29.3 Å². The number of carbonyl (C=O) groups excluding carboxylic acids is 4. The zero-order chi connectivity index (χ0) is 32.9. The molecule has 1 spiro atoms. The molecule has 5 aliphatic rings. The normalized spacial score (nSPS) is 40.7. The molecule has 11 nitrogen and oxygen atoms in total. The number of benzene rings is 1. The monoisotopic (exact) mass is 636 g/mol. The molecule has 10 atom stereocenters.